The van der Waals surface area contributed by atoms with E-state index in [9.17, 15) is 0 Å². The summed E-state index contributed by atoms with van der Waals surface area (Å²) in [4.78, 5) is 0. The molecule has 1 rings (SSSR count). The Hall–Kier alpha value is -1.01. The Kier molecular flexibility index (Phi) is 6.07. The summed E-state index contributed by atoms with van der Waals surface area (Å²) in [6.07, 6.45) is -0.213. The van der Waals surface area contributed by atoms with Crippen molar-refractivity contribution in [2.45, 2.75) is 27.1 Å². The van der Waals surface area contributed by atoms with Gasteiger partial charge in [0.25, 0.3) is 0 Å². The Morgan fingerprint density at radius 2 is 2.12 bits per heavy atom. The van der Waals surface area contributed by atoms with E-state index >= 15 is 0 Å². The van der Waals surface area contributed by atoms with E-state index in [1.54, 1.807) is 0 Å². The largest absolute Gasteiger partial charge is 0.353 e. The summed E-state index contributed by atoms with van der Waals surface area (Å²) in [5.74, 6) is 5.98. The van der Waals surface area contributed by atoms with E-state index in [2.05, 4.69) is 11.8 Å². The van der Waals surface area contributed by atoms with Crippen LogP contribution >= 0.6 is 11.6 Å². The third kappa shape index (κ3) is 4.79. The topological polar surface area (TPSA) is 18.5 Å². The normalized spacial score (nSPS) is 11.8. The average molecular weight is 253 g/mol. The van der Waals surface area contributed by atoms with Gasteiger partial charge in [0.05, 0.1) is 0 Å². The van der Waals surface area contributed by atoms with Crippen LogP contribution < -0.4 is 0 Å². The van der Waals surface area contributed by atoms with Gasteiger partial charge in [-0.15, -0.1) is 0 Å². The van der Waals surface area contributed by atoms with Gasteiger partial charge < -0.3 is 9.47 Å². The van der Waals surface area contributed by atoms with E-state index in [0.29, 0.717) is 13.2 Å². The number of hydrogen-bond donors (Lipinski definition) is 0. The molecule has 1 unspecified atom stereocenters. The summed E-state index contributed by atoms with van der Waals surface area (Å²) in [6, 6.07) is 5.69. The van der Waals surface area contributed by atoms with E-state index in [1.807, 2.05) is 39.0 Å². The van der Waals surface area contributed by atoms with E-state index in [4.69, 9.17) is 21.1 Å². The molecule has 0 bridgehead atoms. The molecule has 0 amide bonds. The van der Waals surface area contributed by atoms with Gasteiger partial charge in [0.15, 0.2) is 6.29 Å². The molecule has 0 radical (unpaired) electrons. The molecule has 1 aromatic carbocycles. The second-order valence-corrected chi connectivity index (χ2v) is 3.96. The highest BCUT2D eigenvalue weighted by atomic mass is 35.5. The van der Waals surface area contributed by atoms with Crippen molar-refractivity contribution in [3.05, 3.63) is 34.3 Å². The maximum atomic E-state index is 6.00. The van der Waals surface area contributed by atoms with E-state index in [-0.39, 0.29) is 6.29 Å². The first kappa shape index (κ1) is 14.1. The summed E-state index contributed by atoms with van der Waals surface area (Å²) in [5.41, 5.74) is 1.93. The molecule has 1 aromatic rings. The smallest absolute Gasteiger partial charge is 0.156 e. The van der Waals surface area contributed by atoms with Gasteiger partial charge in [0, 0.05) is 17.2 Å². The minimum atomic E-state index is -0.213. The van der Waals surface area contributed by atoms with Crippen LogP contribution in [0.3, 0.4) is 0 Å². The van der Waals surface area contributed by atoms with Crippen LogP contribution in [-0.4, -0.2) is 19.5 Å². The van der Waals surface area contributed by atoms with Gasteiger partial charge in [-0.2, -0.15) is 0 Å². The van der Waals surface area contributed by atoms with Crippen LogP contribution in [-0.2, 0) is 9.47 Å². The molecule has 0 saturated carbocycles. The molecule has 0 aliphatic carbocycles. The van der Waals surface area contributed by atoms with Crippen LogP contribution in [0.4, 0.5) is 0 Å². The fourth-order valence-corrected chi connectivity index (χ4v) is 1.49. The van der Waals surface area contributed by atoms with Crippen LogP contribution in [0.15, 0.2) is 18.2 Å². The predicted molar refractivity (Wildman–Crippen MR) is 70.1 cm³/mol. The number of benzene rings is 1. The Bertz CT molecular complexity index is 418. The van der Waals surface area contributed by atoms with E-state index in [1.165, 1.54) is 0 Å². The van der Waals surface area contributed by atoms with Crippen LogP contribution in [0.2, 0.25) is 5.02 Å². The second-order valence-electron chi connectivity index (χ2n) is 3.55. The molecule has 3 heteroatoms. The van der Waals surface area contributed by atoms with Crippen LogP contribution in [0.25, 0.3) is 0 Å². The zero-order valence-electron chi connectivity index (χ0n) is 10.4. The van der Waals surface area contributed by atoms with Crippen molar-refractivity contribution in [2.24, 2.45) is 0 Å². The minimum Gasteiger partial charge on any atom is -0.353 e. The molecule has 0 spiro atoms. The van der Waals surface area contributed by atoms with E-state index in [0.717, 1.165) is 16.1 Å². The lowest BCUT2D eigenvalue weighted by Crippen LogP contribution is -2.12. The maximum Gasteiger partial charge on any atom is 0.156 e. The molecule has 0 saturated heterocycles. The van der Waals surface area contributed by atoms with Gasteiger partial charge in [-0.1, -0.05) is 29.5 Å². The predicted octanol–water partition coefficient (Wildman–Crippen LogP) is 3.40. The van der Waals surface area contributed by atoms with Crippen LogP contribution in [0.5, 0.6) is 0 Å². The highest BCUT2D eigenvalue weighted by Gasteiger charge is 1.99. The molecule has 0 aliphatic rings. The van der Waals surface area contributed by atoms with Crippen molar-refractivity contribution < 1.29 is 9.47 Å². The fourth-order valence-electron chi connectivity index (χ4n) is 1.32. The molecular weight excluding hydrogens is 236 g/mol. The Labute approximate surface area is 108 Å². The van der Waals surface area contributed by atoms with Gasteiger partial charge >= 0.3 is 0 Å². The lowest BCUT2D eigenvalue weighted by molar-refractivity contribution is -0.117. The third-order valence-electron chi connectivity index (χ3n) is 2.28. The quantitative estimate of drug-likeness (QED) is 0.604. The zero-order chi connectivity index (χ0) is 12.7. The van der Waals surface area contributed by atoms with Gasteiger partial charge in [-0.05, 0) is 38.5 Å². The zero-order valence-corrected chi connectivity index (χ0v) is 11.2. The Morgan fingerprint density at radius 1 is 1.35 bits per heavy atom. The van der Waals surface area contributed by atoms with Crippen LogP contribution in [0, 0.1) is 18.8 Å². The van der Waals surface area contributed by atoms with Crippen molar-refractivity contribution in [1.82, 2.24) is 0 Å². The molecule has 0 aromatic heterocycles. The van der Waals surface area contributed by atoms with Gasteiger partial charge in [0.2, 0.25) is 0 Å². The number of halogens is 1. The van der Waals surface area contributed by atoms with Gasteiger partial charge in [0.1, 0.15) is 6.61 Å². The van der Waals surface area contributed by atoms with Crippen molar-refractivity contribution in [1.29, 1.82) is 0 Å². The second kappa shape index (κ2) is 7.34. The van der Waals surface area contributed by atoms with Gasteiger partial charge in [-0.25, -0.2) is 0 Å². The number of ether oxygens (including phenoxy) is 2. The van der Waals surface area contributed by atoms with Crippen molar-refractivity contribution >= 4 is 11.6 Å². The first-order valence-electron chi connectivity index (χ1n) is 5.62. The SMILES string of the molecule is CCOC(C)OCC#Cc1cccc(Cl)c1C. The number of hydrogen-bond acceptors (Lipinski definition) is 2. The molecule has 0 fully saturated rings. The average Bonchev–Trinajstić information content (AvgIpc) is 2.30. The van der Waals surface area contributed by atoms with Crippen molar-refractivity contribution in [3.63, 3.8) is 0 Å². The molecule has 17 heavy (non-hydrogen) atoms. The van der Waals surface area contributed by atoms with Gasteiger partial charge in [-0.3, -0.25) is 0 Å². The van der Waals surface area contributed by atoms with Crippen molar-refractivity contribution in [2.75, 3.05) is 13.2 Å². The van der Waals surface area contributed by atoms with Crippen LogP contribution in [0.1, 0.15) is 25.0 Å². The highest BCUT2D eigenvalue weighted by molar-refractivity contribution is 6.31. The molecule has 92 valence electrons. The Balaban J connectivity index is 2.52. The molecular formula is C14H17ClO2. The molecule has 0 N–H and O–H groups in total. The minimum absolute atomic E-state index is 0.213. The molecule has 0 heterocycles. The fraction of sp³-hybridized carbons (Fsp3) is 0.429. The molecule has 0 aliphatic heterocycles. The summed E-state index contributed by atoms with van der Waals surface area (Å²) in [5, 5.41) is 0.736. The summed E-state index contributed by atoms with van der Waals surface area (Å²) in [6.45, 7) is 6.74. The molecule has 2 nitrogen and oxygen atoms in total. The lowest BCUT2D eigenvalue weighted by atomic mass is 10.1. The summed E-state index contributed by atoms with van der Waals surface area (Å²) in [7, 11) is 0. The first-order chi connectivity index (χ1) is 8.15. The highest BCUT2D eigenvalue weighted by Crippen LogP contribution is 2.17. The summed E-state index contributed by atoms with van der Waals surface area (Å²) >= 11 is 6.00. The first-order valence-corrected chi connectivity index (χ1v) is 6.00. The monoisotopic (exact) mass is 252 g/mol. The molecule has 1 atom stereocenters. The van der Waals surface area contributed by atoms with Crippen molar-refractivity contribution in [3.8, 4) is 11.8 Å². The lowest BCUT2D eigenvalue weighted by Gasteiger charge is -2.09. The third-order valence-corrected chi connectivity index (χ3v) is 2.69. The summed E-state index contributed by atoms with van der Waals surface area (Å²) < 4.78 is 10.6. The maximum absolute atomic E-state index is 6.00. The standard InChI is InChI=1S/C14H17ClO2/c1-4-16-12(3)17-10-6-8-13-7-5-9-14(15)11(13)2/h5,7,9,12H,4,10H2,1-3H3. The van der Waals surface area contributed by atoms with E-state index < -0.39 is 0 Å². The Morgan fingerprint density at radius 3 is 2.82 bits per heavy atom. The number of rotatable bonds is 4.